The second kappa shape index (κ2) is 6.70. The molecule has 0 aliphatic rings. The number of aromatic nitrogens is 2. The lowest BCUT2D eigenvalue weighted by Crippen LogP contribution is -2.30. The zero-order chi connectivity index (χ0) is 14.5. The van der Waals surface area contributed by atoms with Gasteiger partial charge in [0.05, 0.1) is 11.9 Å². The average Bonchev–Trinajstić information content (AvgIpc) is 2.37. The number of hydrogen-bond donors (Lipinski definition) is 1. The van der Waals surface area contributed by atoms with Crippen LogP contribution in [-0.2, 0) is 6.54 Å². The summed E-state index contributed by atoms with van der Waals surface area (Å²) in [5.74, 6) is 0. The van der Waals surface area contributed by atoms with E-state index >= 15 is 0 Å². The van der Waals surface area contributed by atoms with Crippen molar-refractivity contribution in [2.45, 2.75) is 40.2 Å². The first-order valence-electron chi connectivity index (χ1n) is 6.88. The maximum Gasteiger partial charge on any atom is 0.268 e. The van der Waals surface area contributed by atoms with E-state index < -0.39 is 0 Å². The van der Waals surface area contributed by atoms with Gasteiger partial charge in [-0.25, -0.2) is 4.68 Å². The molecule has 0 atom stereocenters. The van der Waals surface area contributed by atoms with Crippen LogP contribution >= 0.6 is 0 Å². The Morgan fingerprint density at radius 3 is 2.68 bits per heavy atom. The predicted octanol–water partition coefficient (Wildman–Crippen LogP) is 1.46. The van der Waals surface area contributed by atoms with E-state index in [0.29, 0.717) is 13.1 Å². The molecule has 5 heteroatoms. The Labute approximate surface area is 115 Å². The third-order valence-electron chi connectivity index (χ3n) is 3.41. The monoisotopic (exact) mass is 266 g/mol. The molecule has 5 nitrogen and oxygen atoms in total. The van der Waals surface area contributed by atoms with Crippen LogP contribution in [0.4, 0.5) is 5.69 Å². The van der Waals surface area contributed by atoms with Crippen molar-refractivity contribution < 1.29 is 0 Å². The summed E-state index contributed by atoms with van der Waals surface area (Å²) in [7, 11) is 1.97. The van der Waals surface area contributed by atoms with E-state index in [2.05, 4.69) is 25.9 Å². The second-order valence-corrected chi connectivity index (χ2v) is 5.82. The van der Waals surface area contributed by atoms with Gasteiger partial charge in [0.2, 0.25) is 0 Å². The summed E-state index contributed by atoms with van der Waals surface area (Å²) in [6, 6.07) is 1.65. The summed E-state index contributed by atoms with van der Waals surface area (Å²) in [6.07, 6.45) is 3.65. The van der Waals surface area contributed by atoms with Crippen LogP contribution in [0.2, 0.25) is 0 Å². The van der Waals surface area contributed by atoms with Crippen LogP contribution in [0.5, 0.6) is 0 Å². The minimum atomic E-state index is -0.0479. The van der Waals surface area contributed by atoms with Gasteiger partial charge < -0.3 is 10.6 Å². The number of hydrogen-bond acceptors (Lipinski definition) is 4. The van der Waals surface area contributed by atoms with Crippen molar-refractivity contribution in [1.29, 1.82) is 0 Å². The molecule has 0 saturated heterocycles. The van der Waals surface area contributed by atoms with Crippen molar-refractivity contribution in [3.05, 3.63) is 22.6 Å². The highest BCUT2D eigenvalue weighted by Crippen LogP contribution is 2.18. The highest BCUT2D eigenvalue weighted by molar-refractivity contribution is 5.41. The zero-order valence-corrected chi connectivity index (χ0v) is 12.5. The molecule has 0 amide bonds. The van der Waals surface area contributed by atoms with Gasteiger partial charge in [0.1, 0.15) is 0 Å². The lowest BCUT2D eigenvalue weighted by molar-refractivity contribution is 0.313. The minimum absolute atomic E-state index is 0.0405. The number of aryl methyl sites for hydroxylation is 1. The van der Waals surface area contributed by atoms with Gasteiger partial charge in [-0.2, -0.15) is 5.10 Å². The van der Waals surface area contributed by atoms with Crippen molar-refractivity contribution in [3.8, 4) is 0 Å². The highest BCUT2D eigenvalue weighted by atomic mass is 16.1. The van der Waals surface area contributed by atoms with Gasteiger partial charge in [-0.3, -0.25) is 4.79 Å². The third-order valence-corrected chi connectivity index (χ3v) is 3.41. The first-order chi connectivity index (χ1) is 8.89. The van der Waals surface area contributed by atoms with E-state index in [9.17, 15) is 4.79 Å². The Morgan fingerprint density at radius 1 is 1.47 bits per heavy atom. The fraction of sp³-hybridized carbons (Fsp3) is 0.714. The molecule has 19 heavy (non-hydrogen) atoms. The smallest absolute Gasteiger partial charge is 0.268 e. The molecule has 0 bridgehead atoms. The normalized spacial score (nSPS) is 11.6. The van der Waals surface area contributed by atoms with Gasteiger partial charge in [-0.05, 0) is 24.8 Å². The number of nitrogens with two attached hydrogens (primary N) is 1. The van der Waals surface area contributed by atoms with Crippen molar-refractivity contribution >= 4 is 5.69 Å². The fourth-order valence-electron chi connectivity index (χ4n) is 1.78. The molecule has 0 aliphatic carbocycles. The third kappa shape index (κ3) is 4.67. The lowest BCUT2D eigenvalue weighted by Gasteiger charge is -2.22. The number of nitrogens with zero attached hydrogens (tertiary/aromatic N) is 3. The lowest BCUT2D eigenvalue weighted by atomic mass is 9.90. The molecule has 0 fully saturated rings. The molecule has 2 N–H and O–H groups in total. The maximum atomic E-state index is 12.0. The van der Waals surface area contributed by atoms with Crippen LogP contribution < -0.4 is 16.2 Å². The van der Waals surface area contributed by atoms with E-state index in [1.165, 1.54) is 4.68 Å². The highest BCUT2D eigenvalue weighted by Gasteiger charge is 2.16. The Morgan fingerprint density at radius 2 is 2.16 bits per heavy atom. The summed E-state index contributed by atoms with van der Waals surface area (Å²) in [5.41, 5.74) is 6.56. The molecule has 0 spiro atoms. The van der Waals surface area contributed by atoms with E-state index in [-0.39, 0.29) is 11.0 Å². The van der Waals surface area contributed by atoms with Gasteiger partial charge in [0.25, 0.3) is 5.56 Å². The molecule has 108 valence electrons. The molecular formula is C14H26N4O. The van der Waals surface area contributed by atoms with Gasteiger partial charge in [-0.1, -0.05) is 20.8 Å². The fourth-order valence-corrected chi connectivity index (χ4v) is 1.78. The van der Waals surface area contributed by atoms with Gasteiger partial charge in [0, 0.05) is 26.2 Å². The van der Waals surface area contributed by atoms with Crippen LogP contribution in [-0.4, -0.2) is 29.9 Å². The zero-order valence-electron chi connectivity index (χ0n) is 12.5. The summed E-state index contributed by atoms with van der Waals surface area (Å²) >= 11 is 0. The Kier molecular flexibility index (Phi) is 5.54. The maximum absolute atomic E-state index is 12.0. The molecule has 1 aromatic heterocycles. The Hall–Kier alpha value is -1.36. The molecule has 1 aromatic rings. The van der Waals surface area contributed by atoms with E-state index in [1.54, 1.807) is 12.3 Å². The molecule has 0 unspecified atom stereocenters. The predicted molar refractivity (Wildman–Crippen MR) is 79.5 cm³/mol. The molecule has 1 rings (SSSR count). The number of rotatable bonds is 7. The second-order valence-electron chi connectivity index (χ2n) is 5.82. The van der Waals surface area contributed by atoms with Crippen LogP contribution in [0.3, 0.4) is 0 Å². The summed E-state index contributed by atoms with van der Waals surface area (Å²) in [5, 5.41) is 4.24. The largest absolute Gasteiger partial charge is 0.373 e. The molecule has 0 aliphatic heterocycles. The Balaban J connectivity index is 2.75. The molecule has 0 radical (unpaired) electrons. The van der Waals surface area contributed by atoms with Crippen LogP contribution in [0.1, 0.15) is 33.6 Å². The van der Waals surface area contributed by atoms with Gasteiger partial charge in [0.15, 0.2) is 0 Å². The van der Waals surface area contributed by atoms with E-state index in [0.717, 1.165) is 25.1 Å². The Bertz CT molecular complexity index is 453. The quantitative estimate of drug-likeness (QED) is 0.811. The van der Waals surface area contributed by atoms with Crippen LogP contribution in [0, 0.1) is 5.41 Å². The summed E-state index contributed by atoms with van der Waals surface area (Å²) < 4.78 is 1.51. The van der Waals surface area contributed by atoms with Gasteiger partial charge >= 0.3 is 0 Å². The first kappa shape index (κ1) is 15.7. The van der Waals surface area contributed by atoms with E-state index in [4.69, 9.17) is 5.73 Å². The van der Waals surface area contributed by atoms with Crippen molar-refractivity contribution in [3.63, 3.8) is 0 Å². The average molecular weight is 266 g/mol. The SMILES string of the molecule is CCCN(C)c1cnn(CCC(C)(C)CN)c(=O)c1. The molecule has 0 aromatic carbocycles. The van der Waals surface area contributed by atoms with E-state index in [1.807, 2.05) is 11.9 Å². The summed E-state index contributed by atoms with van der Waals surface area (Å²) in [4.78, 5) is 14.0. The first-order valence-corrected chi connectivity index (χ1v) is 6.88. The van der Waals surface area contributed by atoms with Gasteiger partial charge in [-0.15, -0.1) is 0 Å². The number of anilines is 1. The molecular weight excluding hydrogens is 240 g/mol. The molecule has 1 heterocycles. The summed E-state index contributed by atoms with van der Waals surface area (Å²) in [6.45, 7) is 8.45. The topological polar surface area (TPSA) is 64.2 Å². The standard InChI is InChI=1S/C14H26N4O/c1-5-7-17(4)12-9-13(19)18(16-10-12)8-6-14(2,3)11-15/h9-10H,5-8,11,15H2,1-4H3. The van der Waals surface area contributed by atoms with Crippen molar-refractivity contribution in [2.24, 2.45) is 11.1 Å². The minimum Gasteiger partial charge on any atom is -0.373 e. The molecule has 0 saturated carbocycles. The van der Waals surface area contributed by atoms with Crippen molar-refractivity contribution in [1.82, 2.24) is 9.78 Å². The van der Waals surface area contributed by atoms with Crippen molar-refractivity contribution in [2.75, 3.05) is 25.0 Å². The van der Waals surface area contributed by atoms with Crippen LogP contribution in [0.15, 0.2) is 17.1 Å². The van der Waals surface area contributed by atoms with Crippen LogP contribution in [0.25, 0.3) is 0 Å².